The Morgan fingerprint density at radius 3 is 1.00 bits per heavy atom. The van der Waals surface area contributed by atoms with Gasteiger partial charge in [-0.05, 0) is 14.1 Å². The SMILES string of the molecule is CN1P(C(C)(C)C)N(C)P1C(C)(C)C. The van der Waals surface area contributed by atoms with E-state index in [1.165, 1.54) is 0 Å². The smallest absolute Gasteiger partial charge is 0.0541 e. The summed E-state index contributed by atoms with van der Waals surface area (Å²) in [6, 6.07) is 0. The summed E-state index contributed by atoms with van der Waals surface area (Å²) < 4.78 is 5.26. The molecule has 0 aromatic carbocycles. The molecular weight excluding hydrogens is 210 g/mol. The fourth-order valence-electron chi connectivity index (χ4n) is 2.24. The third kappa shape index (κ3) is 2.14. The van der Waals surface area contributed by atoms with E-state index in [1.54, 1.807) is 0 Å². The second-order valence-corrected chi connectivity index (χ2v) is 12.8. The molecule has 1 aliphatic rings. The van der Waals surface area contributed by atoms with E-state index in [1.807, 2.05) is 0 Å². The van der Waals surface area contributed by atoms with E-state index in [0.717, 1.165) is 0 Å². The maximum absolute atomic E-state index is 2.63. The van der Waals surface area contributed by atoms with Crippen molar-refractivity contribution in [3.8, 4) is 0 Å². The Bertz CT molecular complexity index is 185. The van der Waals surface area contributed by atoms with Crippen LogP contribution in [0.2, 0.25) is 0 Å². The highest BCUT2D eigenvalue weighted by Crippen LogP contribution is 2.82. The summed E-state index contributed by atoms with van der Waals surface area (Å²) in [6.07, 6.45) is 0. The molecule has 0 spiro atoms. The summed E-state index contributed by atoms with van der Waals surface area (Å²) in [4.78, 5) is 0. The third-order valence-electron chi connectivity index (χ3n) is 2.30. The van der Waals surface area contributed by atoms with E-state index >= 15 is 0 Å². The third-order valence-corrected chi connectivity index (χ3v) is 8.92. The lowest BCUT2D eigenvalue weighted by Crippen LogP contribution is -2.44. The standard InChI is InChI=1S/C10H24N2P2/c1-9(2,3)13-11(7)14(12(13)8)10(4,5)6/h1-8H3. The molecule has 1 fully saturated rings. The summed E-state index contributed by atoms with van der Waals surface area (Å²) in [5, 5.41) is 0.839. The van der Waals surface area contributed by atoms with Crippen LogP contribution in [0.25, 0.3) is 0 Å². The summed E-state index contributed by atoms with van der Waals surface area (Å²) in [6.45, 7) is 14.1. The highest BCUT2D eigenvalue weighted by atomic mass is 31.3. The molecule has 0 amide bonds. The molecule has 0 aromatic rings. The van der Waals surface area contributed by atoms with Crippen LogP contribution in [0.3, 0.4) is 0 Å². The van der Waals surface area contributed by atoms with Crippen LogP contribution in [0.5, 0.6) is 0 Å². The van der Waals surface area contributed by atoms with Gasteiger partial charge < -0.3 is 0 Å². The molecule has 1 heterocycles. The number of rotatable bonds is 0. The summed E-state index contributed by atoms with van der Waals surface area (Å²) in [7, 11) is 4.46. The monoisotopic (exact) mass is 234 g/mol. The number of hydrogen-bond donors (Lipinski definition) is 0. The summed E-state index contributed by atoms with van der Waals surface area (Å²) in [5.74, 6) is 0. The van der Waals surface area contributed by atoms with E-state index in [-0.39, 0.29) is 16.4 Å². The molecule has 1 rings (SSSR count). The molecule has 0 bridgehead atoms. The molecule has 84 valence electrons. The quantitative estimate of drug-likeness (QED) is 0.582. The Hall–Kier alpha value is 0.780. The minimum atomic E-state index is -0.0694. The predicted molar refractivity (Wildman–Crippen MR) is 68.9 cm³/mol. The van der Waals surface area contributed by atoms with E-state index in [0.29, 0.717) is 10.3 Å². The van der Waals surface area contributed by atoms with E-state index in [4.69, 9.17) is 0 Å². The highest BCUT2D eigenvalue weighted by molar-refractivity contribution is 7.83. The Kier molecular flexibility index (Phi) is 3.36. The molecule has 0 N–H and O–H groups in total. The Morgan fingerprint density at radius 2 is 0.857 bits per heavy atom. The van der Waals surface area contributed by atoms with Crippen molar-refractivity contribution in [1.29, 1.82) is 0 Å². The van der Waals surface area contributed by atoms with Crippen molar-refractivity contribution in [3.05, 3.63) is 0 Å². The van der Waals surface area contributed by atoms with Gasteiger partial charge in [0, 0.05) is 10.3 Å². The fraction of sp³-hybridized carbons (Fsp3) is 1.00. The molecule has 1 saturated heterocycles. The first kappa shape index (κ1) is 12.8. The molecule has 4 heteroatoms. The molecule has 1 aliphatic heterocycles. The zero-order valence-corrected chi connectivity index (χ0v) is 12.6. The Labute approximate surface area is 91.8 Å². The Balaban J connectivity index is 2.76. The molecule has 0 atom stereocenters. The molecular formula is C10H24N2P2. The van der Waals surface area contributed by atoms with Gasteiger partial charge >= 0.3 is 0 Å². The second-order valence-electron chi connectivity index (χ2n) is 5.90. The van der Waals surface area contributed by atoms with Crippen molar-refractivity contribution >= 4 is 16.4 Å². The fourth-order valence-corrected chi connectivity index (χ4v) is 11.9. The topological polar surface area (TPSA) is 6.48 Å². The van der Waals surface area contributed by atoms with Crippen LogP contribution in [-0.4, -0.2) is 33.3 Å². The molecule has 0 aromatic heterocycles. The van der Waals surface area contributed by atoms with Gasteiger partial charge in [0.25, 0.3) is 0 Å². The predicted octanol–water partition coefficient (Wildman–Crippen LogP) is 4.08. The van der Waals surface area contributed by atoms with Crippen LogP contribution in [0.4, 0.5) is 0 Å². The van der Waals surface area contributed by atoms with E-state index < -0.39 is 0 Å². The largest absolute Gasteiger partial charge is 0.237 e. The van der Waals surface area contributed by atoms with Gasteiger partial charge in [0.2, 0.25) is 0 Å². The molecule has 0 saturated carbocycles. The van der Waals surface area contributed by atoms with Gasteiger partial charge in [-0.3, -0.25) is 0 Å². The molecule has 0 radical (unpaired) electrons. The first-order valence-electron chi connectivity index (χ1n) is 5.14. The average molecular weight is 234 g/mol. The lowest BCUT2D eigenvalue weighted by Gasteiger charge is -2.62. The lowest BCUT2D eigenvalue weighted by molar-refractivity contribution is 0.554. The first-order valence-corrected chi connectivity index (χ1v) is 7.64. The van der Waals surface area contributed by atoms with Crippen molar-refractivity contribution < 1.29 is 0 Å². The normalized spacial score (nSPS) is 31.7. The average Bonchev–Trinajstić information content (AvgIpc) is 1.78. The van der Waals surface area contributed by atoms with Gasteiger partial charge in [-0.25, -0.2) is 8.88 Å². The summed E-state index contributed by atoms with van der Waals surface area (Å²) >= 11 is 0. The lowest BCUT2D eigenvalue weighted by atomic mass is 10.3. The minimum Gasteiger partial charge on any atom is -0.237 e. The van der Waals surface area contributed by atoms with Crippen LogP contribution >= 0.6 is 16.4 Å². The first-order chi connectivity index (χ1) is 6.07. The van der Waals surface area contributed by atoms with Crippen LogP contribution < -0.4 is 0 Å². The molecule has 2 nitrogen and oxygen atoms in total. The number of nitrogens with zero attached hydrogens (tertiary/aromatic N) is 2. The van der Waals surface area contributed by atoms with Crippen LogP contribution in [-0.2, 0) is 0 Å². The Morgan fingerprint density at radius 1 is 0.643 bits per heavy atom. The van der Waals surface area contributed by atoms with E-state index in [2.05, 4.69) is 64.5 Å². The molecule has 0 aliphatic carbocycles. The van der Waals surface area contributed by atoms with Gasteiger partial charge in [0.05, 0.1) is 16.4 Å². The van der Waals surface area contributed by atoms with Gasteiger partial charge in [0.1, 0.15) is 0 Å². The molecule has 14 heavy (non-hydrogen) atoms. The van der Waals surface area contributed by atoms with Gasteiger partial charge in [0.15, 0.2) is 0 Å². The van der Waals surface area contributed by atoms with Crippen molar-refractivity contribution in [2.45, 2.75) is 51.9 Å². The zero-order valence-electron chi connectivity index (χ0n) is 10.8. The van der Waals surface area contributed by atoms with Crippen LogP contribution in [0.1, 0.15) is 41.5 Å². The van der Waals surface area contributed by atoms with Crippen LogP contribution in [0.15, 0.2) is 0 Å². The summed E-state index contributed by atoms with van der Waals surface area (Å²) in [5.41, 5.74) is 0. The highest BCUT2D eigenvalue weighted by Gasteiger charge is 2.52. The van der Waals surface area contributed by atoms with Gasteiger partial charge in [-0.1, -0.05) is 41.5 Å². The maximum Gasteiger partial charge on any atom is 0.0541 e. The van der Waals surface area contributed by atoms with Gasteiger partial charge in [-0.15, -0.1) is 0 Å². The number of hydrogen-bond acceptors (Lipinski definition) is 2. The van der Waals surface area contributed by atoms with Crippen molar-refractivity contribution in [2.24, 2.45) is 0 Å². The molecule has 0 unspecified atom stereocenters. The zero-order chi connectivity index (χ0) is 11.3. The van der Waals surface area contributed by atoms with Crippen molar-refractivity contribution in [3.63, 3.8) is 0 Å². The van der Waals surface area contributed by atoms with Gasteiger partial charge in [-0.2, -0.15) is 0 Å². The minimum absolute atomic E-state index is 0.0694. The maximum atomic E-state index is 2.63. The second kappa shape index (κ2) is 3.67. The van der Waals surface area contributed by atoms with Crippen molar-refractivity contribution in [1.82, 2.24) is 8.88 Å². The van der Waals surface area contributed by atoms with Crippen LogP contribution in [0, 0.1) is 0 Å². The van der Waals surface area contributed by atoms with Crippen molar-refractivity contribution in [2.75, 3.05) is 14.1 Å². The van der Waals surface area contributed by atoms with E-state index in [9.17, 15) is 0 Å².